The van der Waals surface area contributed by atoms with E-state index in [1.807, 2.05) is 0 Å². The highest BCUT2D eigenvalue weighted by atomic mass is 16.5. The monoisotopic (exact) mass is 1110 g/mol. The molecule has 0 saturated carbocycles. The van der Waals surface area contributed by atoms with E-state index in [1.54, 1.807) is 0 Å². The summed E-state index contributed by atoms with van der Waals surface area (Å²) in [5.41, 5.74) is 0. The van der Waals surface area contributed by atoms with E-state index in [1.165, 1.54) is 321 Å². The minimum absolute atomic E-state index is 0.0306. The highest BCUT2D eigenvalue weighted by Crippen LogP contribution is 2.19. The first kappa shape index (κ1) is 77.3. The molecule has 1 amide bonds. The van der Waals surface area contributed by atoms with Gasteiger partial charge in [-0.2, -0.15) is 0 Å². The number of hydrogen-bond acceptors (Lipinski definition) is 5. The van der Waals surface area contributed by atoms with Gasteiger partial charge in [0.15, 0.2) is 0 Å². The number of nitrogens with one attached hydrogen (secondary N) is 1. The Morgan fingerprint density at radius 1 is 0.354 bits per heavy atom. The Bertz CT molecular complexity index is 1230. The molecule has 0 aromatic rings. The van der Waals surface area contributed by atoms with Crippen LogP contribution in [0.25, 0.3) is 0 Å². The number of esters is 1. The van der Waals surface area contributed by atoms with Crippen molar-refractivity contribution >= 4 is 11.9 Å². The summed E-state index contributed by atoms with van der Waals surface area (Å²) in [6.07, 6.45) is 86.7. The normalized spacial score (nSPS) is 12.6. The van der Waals surface area contributed by atoms with Crippen LogP contribution in [0.3, 0.4) is 0 Å². The van der Waals surface area contributed by atoms with E-state index in [2.05, 4.69) is 43.5 Å². The third-order valence-corrected chi connectivity index (χ3v) is 17.0. The first-order valence-corrected chi connectivity index (χ1v) is 36.1. The van der Waals surface area contributed by atoms with E-state index in [0.29, 0.717) is 25.9 Å². The zero-order valence-electron chi connectivity index (χ0n) is 53.6. The number of allylic oxidation sites excluding steroid dienone is 3. The van der Waals surface area contributed by atoms with Crippen molar-refractivity contribution in [2.75, 3.05) is 13.2 Å². The predicted octanol–water partition coefficient (Wildman–Crippen LogP) is 23.3. The molecule has 0 heterocycles. The number of aliphatic hydroxyl groups is 2. The summed E-state index contributed by atoms with van der Waals surface area (Å²) >= 11 is 0. The highest BCUT2D eigenvalue weighted by molar-refractivity contribution is 5.76. The minimum Gasteiger partial charge on any atom is -0.465 e. The minimum atomic E-state index is -0.669. The second-order valence-electron chi connectivity index (χ2n) is 24.9. The molecule has 0 aliphatic heterocycles. The summed E-state index contributed by atoms with van der Waals surface area (Å²) in [6.45, 7) is 4.89. The van der Waals surface area contributed by atoms with Gasteiger partial charge in [-0.3, -0.25) is 9.59 Å². The Morgan fingerprint density at radius 3 is 0.962 bits per heavy atom. The fraction of sp³-hybridized carbons (Fsp3) is 0.918. The van der Waals surface area contributed by atoms with Gasteiger partial charge in [0.1, 0.15) is 0 Å². The summed E-state index contributed by atoms with van der Waals surface area (Å²) in [5, 5.41) is 23.5. The van der Waals surface area contributed by atoms with Crippen LogP contribution in [-0.4, -0.2) is 47.4 Å². The lowest BCUT2D eigenvalue weighted by Crippen LogP contribution is -2.45. The van der Waals surface area contributed by atoms with Crippen LogP contribution in [0.1, 0.15) is 406 Å². The van der Waals surface area contributed by atoms with E-state index in [-0.39, 0.29) is 18.5 Å². The molecule has 0 saturated heterocycles. The van der Waals surface area contributed by atoms with Gasteiger partial charge >= 0.3 is 5.97 Å². The lowest BCUT2D eigenvalue weighted by atomic mass is 10.0. The summed E-state index contributed by atoms with van der Waals surface area (Å²) in [4.78, 5) is 24.6. The maximum atomic E-state index is 12.6. The fourth-order valence-electron chi connectivity index (χ4n) is 11.5. The largest absolute Gasteiger partial charge is 0.465 e. The lowest BCUT2D eigenvalue weighted by molar-refractivity contribution is -0.143. The molecule has 0 rings (SSSR count). The number of carbonyl (C=O) groups excluding carboxylic acids is 2. The molecule has 0 spiro atoms. The number of amides is 1. The van der Waals surface area contributed by atoms with Crippen LogP contribution in [0.2, 0.25) is 0 Å². The third kappa shape index (κ3) is 65.4. The van der Waals surface area contributed by atoms with Crippen LogP contribution in [0.5, 0.6) is 0 Å². The smallest absolute Gasteiger partial charge is 0.305 e. The number of unbranched alkanes of at least 4 members (excludes halogenated alkanes) is 53. The van der Waals surface area contributed by atoms with Crippen LogP contribution in [0, 0.1) is 0 Å². The molecule has 6 heteroatoms. The predicted molar refractivity (Wildman–Crippen MR) is 347 cm³/mol. The van der Waals surface area contributed by atoms with Crippen molar-refractivity contribution in [3.8, 4) is 0 Å². The van der Waals surface area contributed by atoms with Gasteiger partial charge in [0.25, 0.3) is 0 Å². The van der Waals surface area contributed by atoms with Gasteiger partial charge in [0, 0.05) is 12.8 Å². The first-order valence-electron chi connectivity index (χ1n) is 36.1. The average molecular weight is 1110 g/mol. The number of ether oxygens (including phenoxy) is 1. The van der Waals surface area contributed by atoms with Gasteiger partial charge in [-0.05, 0) is 44.9 Å². The van der Waals surface area contributed by atoms with E-state index in [9.17, 15) is 19.8 Å². The lowest BCUT2D eigenvalue weighted by Gasteiger charge is -2.22. The standard InChI is InChI=1S/C73H141NO5/c1-3-5-7-9-11-13-15-17-19-21-22-23-24-25-26-28-31-34-37-41-45-49-53-57-61-65-71(76)70(69-75)74-72(77)66-62-58-54-50-46-42-38-35-32-29-27-30-33-36-40-44-48-52-56-60-64-68-79-73(78)67-63-59-55-51-47-43-39-20-18-16-14-12-10-8-6-4-2/h44,48,56,60,70-71,75-76H,3-43,45-47,49-55,57-59,61-69H2,1-2H3,(H,74,77)/b48-44-,60-56-. The van der Waals surface area contributed by atoms with Crippen LogP contribution < -0.4 is 5.32 Å². The molecule has 0 bridgehead atoms. The van der Waals surface area contributed by atoms with Crippen LogP contribution in [-0.2, 0) is 14.3 Å². The maximum absolute atomic E-state index is 12.6. The Hall–Kier alpha value is -1.66. The number of carbonyl (C=O) groups is 2. The van der Waals surface area contributed by atoms with E-state index in [4.69, 9.17) is 4.74 Å². The first-order chi connectivity index (χ1) is 39.0. The van der Waals surface area contributed by atoms with Crippen molar-refractivity contribution in [2.24, 2.45) is 0 Å². The molecule has 79 heavy (non-hydrogen) atoms. The Kier molecular flexibility index (Phi) is 67.4. The molecule has 6 nitrogen and oxygen atoms in total. The average Bonchev–Trinajstić information content (AvgIpc) is 3.45. The third-order valence-electron chi connectivity index (χ3n) is 17.0. The molecule has 0 aromatic heterocycles. The van der Waals surface area contributed by atoms with Crippen molar-refractivity contribution in [1.82, 2.24) is 5.32 Å². The highest BCUT2D eigenvalue weighted by Gasteiger charge is 2.20. The van der Waals surface area contributed by atoms with Crippen molar-refractivity contribution in [2.45, 2.75) is 418 Å². The summed E-state index contributed by atoms with van der Waals surface area (Å²) in [5.74, 6) is -0.0652. The van der Waals surface area contributed by atoms with Crippen molar-refractivity contribution < 1.29 is 24.5 Å². The second-order valence-corrected chi connectivity index (χ2v) is 24.9. The Balaban J connectivity index is 3.43. The van der Waals surface area contributed by atoms with Crippen molar-refractivity contribution in [3.05, 3.63) is 24.3 Å². The summed E-state index contributed by atoms with van der Waals surface area (Å²) in [7, 11) is 0. The summed E-state index contributed by atoms with van der Waals surface area (Å²) < 4.78 is 5.44. The SMILES string of the molecule is CCCCCCCCCCCCCCCCCCCCCCCCCCCC(O)C(CO)NC(=O)CCCCCCCCCCCCCCCC/C=C\C/C=C\CCOC(=O)CCCCCCCCCCCCCCCCCC. The molecule has 3 N–H and O–H groups in total. The fourth-order valence-corrected chi connectivity index (χ4v) is 11.5. The molecule has 468 valence electrons. The van der Waals surface area contributed by atoms with Crippen LogP contribution in [0.4, 0.5) is 0 Å². The number of aliphatic hydroxyl groups excluding tert-OH is 2. The van der Waals surface area contributed by atoms with E-state index < -0.39 is 12.1 Å². The number of rotatable bonds is 68. The molecular weight excluding hydrogens is 971 g/mol. The van der Waals surface area contributed by atoms with Gasteiger partial charge in [-0.25, -0.2) is 0 Å². The zero-order valence-corrected chi connectivity index (χ0v) is 53.6. The molecule has 2 atom stereocenters. The Morgan fingerprint density at radius 2 is 0.633 bits per heavy atom. The van der Waals surface area contributed by atoms with E-state index in [0.717, 1.165) is 51.4 Å². The molecule has 0 radical (unpaired) electrons. The van der Waals surface area contributed by atoms with Gasteiger partial charge in [0.2, 0.25) is 5.91 Å². The van der Waals surface area contributed by atoms with E-state index >= 15 is 0 Å². The van der Waals surface area contributed by atoms with Crippen LogP contribution in [0.15, 0.2) is 24.3 Å². The Labute approximate surface area is 494 Å². The zero-order chi connectivity index (χ0) is 57.1. The topological polar surface area (TPSA) is 95.9 Å². The van der Waals surface area contributed by atoms with Gasteiger partial charge < -0.3 is 20.3 Å². The van der Waals surface area contributed by atoms with Crippen molar-refractivity contribution in [1.29, 1.82) is 0 Å². The molecule has 0 aromatic carbocycles. The second kappa shape index (κ2) is 68.8. The van der Waals surface area contributed by atoms with Gasteiger partial charge in [-0.1, -0.05) is 372 Å². The van der Waals surface area contributed by atoms with Gasteiger partial charge in [0.05, 0.1) is 25.4 Å². The maximum Gasteiger partial charge on any atom is 0.305 e. The summed E-state index contributed by atoms with van der Waals surface area (Å²) in [6, 6.07) is -0.547. The van der Waals surface area contributed by atoms with Crippen molar-refractivity contribution in [3.63, 3.8) is 0 Å². The molecule has 0 aliphatic rings. The molecule has 2 unspecified atom stereocenters. The molecule has 0 aliphatic carbocycles. The van der Waals surface area contributed by atoms with Crippen LogP contribution >= 0.6 is 0 Å². The quantitative estimate of drug-likeness (QED) is 0.0320. The molecule has 0 fully saturated rings. The number of hydrogen-bond donors (Lipinski definition) is 3. The van der Waals surface area contributed by atoms with Gasteiger partial charge in [-0.15, -0.1) is 0 Å². The molecular formula is C73H141NO5.